The maximum Gasteiger partial charge on any atom is 0.238 e. The van der Waals surface area contributed by atoms with Gasteiger partial charge in [0.25, 0.3) is 0 Å². The van der Waals surface area contributed by atoms with E-state index in [9.17, 15) is 8.42 Å². The van der Waals surface area contributed by atoms with Crippen molar-refractivity contribution in [2.24, 2.45) is 5.14 Å². The van der Waals surface area contributed by atoms with E-state index in [4.69, 9.17) is 9.88 Å². The summed E-state index contributed by atoms with van der Waals surface area (Å²) in [6.07, 6.45) is 0. The molecule has 19 heavy (non-hydrogen) atoms. The van der Waals surface area contributed by atoms with Crippen molar-refractivity contribution in [1.29, 1.82) is 0 Å². The molecule has 0 saturated carbocycles. The zero-order valence-corrected chi connectivity index (χ0v) is 11.6. The summed E-state index contributed by atoms with van der Waals surface area (Å²) >= 11 is 0. The first-order valence-electron chi connectivity index (χ1n) is 5.71. The van der Waals surface area contributed by atoms with Crippen molar-refractivity contribution in [3.8, 4) is 16.9 Å². The Morgan fingerprint density at radius 2 is 1.63 bits per heavy atom. The Morgan fingerprint density at radius 1 is 1.00 bits per heavy atom. The second-order valence-corrected chi connectivity index (χ2v) is 5.70. The van der Waals surface area contributed by atoms with Gasteiger partial charge in [0.15, 0.2) is 0 Å². The molecular formula is C14H15NO3S. The highest BCUT2D eigenvalue weighted by Crippen LogP contribution is 2.33. The molecule has 0 heterocycles. The Hall–Kier alpha value is -1.85. The maximum atomic E-state index is 11.5. The SMILES string of the molecule is COc1ccccc1-c1cccc(S(N)(=O)=O)c1C. The Bertz CT molecular complexity index is 708. The Kier molecular flexibility index (Phi) is 3.59. The number of methoxy groups -OCH3 is 1. The largest absolute Gasteiger partial charge is 0.496 e. The minimum absolute atomic E-state index is 0.135. The van der Waals surface area contributed by atoms with Crippen LogP contribution in [0.4, 0.5) is 0 Å². The normalized spacial score (nSPS) is 11.3. The topological polar surface area (TPSA) is 69.4 Å². The molecule has 0 fully saturated rings. The lowest BCUT2D eigenvalue weighted by atomic mass is 10.00. The molecule has 100 valence electrons. The molecular weight excluding hydrogens is 262 g/mol. The zero-order valence-electron chi connectivity index (χ0n) is 10.8. The zero-order chi connectivity index (χ0) is 14.0. The van der Waals surface area contributed by atoms with Crippen molar-refractivity contribution in [2.75, 3.05) is 7.11 Å². The molecule has 0 radical (unpaired) electrons. The van der Waals surface area contributed by atoms with Crippen LogP contribution in [0, 0.1) is 6.92 Å². The Balaban J connectivity index is 2.71. The number of nitrogens with two attached hydrogens (primary N) is 1. The number of primary sulfonamides is 1. The van der Waals surface area contributed by atoms with Crippen molar-refractivity contribution >= 4 is 10.0 Å². The summed E-state index contributed by atoms with van der Waals surface area (Å²) in [5.74, 6) is 0.692. The molecule has 0 unspecified atom stereocenters. The highest BCUT2D eigenvalue weighted by Gasteiger charge is 2.16. The van der Waals surface area contributed by atoms with Crippen LogP contribution in [0.25, 0.3) is 11.1 Å². The highest BCUT2D eigenvalue weighted by molar-refractivity contribution is 7.89. The fourth-order valence-electron chi connectivity index (χ4n) is 2.08. The number of rotatable bonds is 3. The quantitative estimate of drug-likeness (QED) is 0.936. The van der Waals surface area contributed by atoms with Crippen LogP contribution >= 0.6 is 0 Å². The smallest absolute Gasteiger partial charge is 0.238 e. The Labute approximate surface area is 112 Å². The van der Waals surface area contributed by atoms with Crippen LogP contribution in [0.3, 0.4) is 0 Å². The third kappa shape index (κ3) is 2.62. The predicted molar refractivity (Wildman–Crippen MR) is 74.5 cm³/mol. The van der Waals surface area contributed by atoms with Crippen LogP contribution < -0.4 is 9.88 Å². The summed E-state index contributed by atoms with van der Waals surface area (Å²) < 4.78 is 28.4. The molecule has 2 aromatic rings. The summed E-state index contributed by atoms with van der Waals surface area (Å²) in [5.41, 5.74) is 2.26. The second-order valence-electron chi connectivity index (χ2n) is 4.17. The molecule has 0 atom stereocenters. The van der Waals surface area contributed by atoms with Crippen molar-refractivity contribution < 1.29 is 13.2 Å². The monoisotopic (exact) mass is 277 g/mol. The number of sulfonamides is 1. The van der Waals surface area contributed by atoms with E-state index in [1.165, 1.54) is 6.07 Å². The van der Waals surface area contributed by atoms with Crippen molar-refractivity contribution in [2.45, 2.75) is 11.8 Å². The molecule has 2 rings (SSSR count). The molecule has 0 aliphatic rings. The van der Waals surface area contributed by atoms with Crippen LogP contribution in [0.15, 0.2) is 47.4 Å². The summed E-state index contributed by atoms with van der Waals surface area (Å²) in [6.45, 7) is 1.74. The van der Waals surface area contributed by atoms with E-state index in [-0.39, 0.29) is 4.90 Å². The summed E-state index contributed by atoms with van der Waals surface area (Å²) in [7, 11) is -2.14. The van der Waals surface area contributed by atoms with Crippen LogP contribution in [0.1, 0.15) is 5.56 Å². The van der Waals surface area contributed by atoms with Gasteiger partial charge in [-0.25, -0.2) is 13.6 Å². The van der Waals surface area contributed by atoms with Crippen molar-refractivity contribution in [1.82, 2.24) is 0 Å². The van der Waals surface area contributed by atoms with Gasteiger partial charge in [0.1, 0.15) is 5.75 Å². The van der Waals surface area contributed by atoms with E-state index >= 15 is 0 Å². The third-order valence-corrected chi connectivity index (χ3v) is 4.04. The number of ether oxygens (including phenoxy) is 1. The minimum atomic E-state index is -3.72. The molecule has 0 aliphatic heterocycles. The second kappa shape index (κ2) is 5.03. The van der Waals surface area contributed by atoms with E-state index in [2.05, 4.69) is 0 Å². The fourth-order valence-corrected chi connectivity index (χ4v) is 2.89. The van der Waals surface area contributed by atoms with Crippen LogP contribution in [0.5, 0.6) is 5.75 Å². The van der Waals surface area contributed by atoms with Gasteiger partial charge in [0.2, 0.25) is 10.0 Å². The van der Waals surface area contributed by atoms with Gasteiger partial charge < -0.3 is 4.74 Å². The fraction of sp³-hybridized carbons (Fsp3) is 0.143. The van der Waals surface area contributed by atoms with E-state index < -0.39 is 10.0 Å². The summed E-state index contributed by atoms with van der Waals surface area (Å²) in [5, 5.41) is 5.22. The van der Waals surface area contributed by atoms with Gasteiger partial charge in [-0.1, -0.05) is 30.3 Å². The van der Waals surface area contributed by atoms with Gasteiger partial charge in [-0.3, -0.25) is 0 Å². The van der Waals surface area contributed by atoms with Gasteiger partial charge >= 0.3 is 0 Å². The molecule has 2 N–H and O–H groups in total. The average Bonchev–Trinajstić information content (AvgIpc) is 2.37. The predicted octanol–water partition coefficient (Wildman–Crippen LogP) is 2.32. The molecule has 5 heteroatoms. The van der Waals surface area contributed by atoms with Gasteiger partial charge in [0.05, 0.1) is 12.0 Å². The number of hydrogen-bond acceptors (Lipinski definition) is 3. The number of para-hydroxylation sites is 1. The van der Waals surface area contributed by atoms with Gasteiger partial charge in [-0.15, -0.1) is 0 Å². The van der Waals surface area contributed by atoms with Crippen LogP contribution in [-0.4, -0.2) is 15.5 Å². The van der Waals surface area contributed by atoms with Gasteiger partial charge in [-0.2, -0.15) is 0 Å². The van der Waals surface area contributed by atoms with Crippen LogP contribution in [-0.2, 0) is 10.0 Å². The Morgan fingerprint density at radius 3 is 2.26 bits per heavy atom. The lowest BCUT2D eigenvalue weighted by Gasteiger charge is -2.13. The van der Waals surface area contributed by atoms with E-state index in [1.54, 1.807) is 20.1 Å². The highest BCUT2D eigenvalue weighted by atomic mass is 32.2. The molecule has 0 amide bonds. The molecule has 0 saturated heterocycles. The molecule has 0 aromatic heterocycles. The maximum absolute atomic E-state index is 11.5. The third-order valence-electron chi connectivity index (χ3n) is 2.99. The van der Waals surface area contributed by atoms with Gasteiger partial charge in [0, 0.05) is 5.56 Å². The van der Waals surface area contributed by atoms with E-state index in [0.717, 1.165) is 11.1 Å². The first kappa shape index (κ1) is 13.6. The molecule has 0 bridgehead atoms. The van der Waals surface area contributed by atoms with Gasteiger partial charge in [-0.05, 0) is 30.2 Å². The number of benzene rings is 2. The molecule has 0 spiro atoms. The first-order chi connectivity index (χ1) is 8.95. The first-order valence-corrected chi connectivity index (χ1v) is 7.25. The average molecular weight is 277 g/mol. The summed E-state index contributed by atoms with van der Waals surface area (Å²) in [6, 6.07) is 12.5. The standard InChI is InChI=1S/C14H15NO3S/c1-10-11(7-5-9-14(10)19(15,16)17)12-6-3-4-8-13(12)18-2/h3-9H,1-2H3,(H2,15,16,17). The summed E-state index contributed by atoms with van der Waals surface area (Å²) in [4.78, 5) is 0.135. The van der Waals surface area contributed by atoms with Crippen molar-refractivity contribution in [3.05, 3.63) is 48.0 Å². The number of hydrogen-bond donors (Lipinski definition) is 1. The lowest BCUT2D eigenvalue weighted by molar-refractivity contribution is 0.416. The van der Waals surface area contributed by atoms with E-state index in [0.29, 0.717) is 11.3 Å². The lowest BCUT2D eigenvalue weighted by Crippen LogP contribution is -2.14. The van der Waals surface area contributed by atoms with E-state index in [1.807, 2.05) is 30.3 Å². The van der Waals surface area contributed by atoms with Crippen molar-refractivity contribution in [3.63, 3.8) is 0 Å². The molecule has 4 nitrogen and oxygen atoms in total. The molecule has 2 aromatic carbocycles. The van der Waals surface area contributed by atoms with Crippen LogP contribution in [0.2, 0.25) is 0 Å². The molecule has 0 aliphatic carbocycles. The minimum Gasteiger partial charge on any atom is -0.496 e.